The highest BCUT2D eigenvalue weighted by atomic mass is 16.5. The number of aryl methyl sites for hydroxylation is 1. The third kappa shape index (κ3) is 9.95. The predicted molar refractivity (Wildman–Crippen MR) is 99.0 cm³/mol. The number of benzene rings is 1. The van der Waals surface area contributed by atoms with Gasteiger partial charge in [0.1, 0.15) is 0 Å². The molecule has 0 radical (unpaired) electrons. The summed E-state index contributed by atoms with van der Waals surface area (Å²) in [5.74, 6) is 0.922. The molecule has 0 aromatic heterocycles. The summed E-state index contributed by atoms with van der Waals surface area (Å²) in [5.41, 5.74) is 2.53. The monoisotopic (exact) mass is 319 g/mol. The minimum absolute atomic E-state index is 0.714. The van der Waals surface area contributed by atoms with E-state index in [4.69, 9.17) is 9.73 Å². The SMILES string of the molecule is CCCCNC(=NCc1ccc(C)cc1)NCCCCCOC. The van der Waals surface area contributed by atoms with Crippen LogP contribution in [0.2, 0.25) is 0 Å². The molecule has 0 aliphatic heterocycles. The molecule has 0 unspecified atom stereocenters. The molecular formula is C19H33N3O. The lowest BCUT2D eigenvalue weighted by molar-refractivity contribution is 0.192. The standard InChI is InChI=1S/C19H33N3O/c1-4-5-13-20-19(21-14-7-6-8-15-23-3)22-16-18-11-9-17(2)10-12-18/h9-12H,4-8,13-16H2,1-3H3,(H2,20,21,22). The molecule has 1 aromatic rings. The van der Waals surface area contributed by atoms with E-state index in [9.17, 15) is 0 Å². The summed E-state index contributed by atoms with van der Waals surface area (Å²) in [6, 6.07) is 8.57. The van der Waals surface area contributed by atoms with Crippen LogP contribution < -0.4 is 10.6 Å². The van der Waals surface area contributed by atoms with Crippen LogP contribution in [0.25, 0.3) is 0 Å². The van der Waals surface area contributed by atoms with E-state index in [2.05, 4.69) is 48.7 Å². The Morgan fingerprint density at radius 3 is 2.35 bits per heavy atom. The number of nitrogens with zero attached hydrogens (tertiary/aromatic N) is 1. The highest BCUT2D eigenvalue weighted by molar-refractivity contribution is 5.79. The van der Waals surface area contributed by atoms with E-state index in [0.717, 1.165) is 38.5 Å². The molecule has 2 N–H and O–H groups in total. The molecule has 1 rings (SSSR count). The van der Waals surface area contributed by atoms with Gasteiger partial charge in [-0.1, -0.05) is 43.2 Å². The zero-order chi connectivity index (χ0) is 16.8. The van der Waals surface area contributed by atoms with E-state index in [1.165, 1.54) is 30.4 Å². The smallest absolute Gasteiger partial charge is 0.191 e. The normalized spacial score (nSPS) is 11.5. The number of hydrogen-bond acceptors (Lipinski definition) is 2. The highest BCUT2D eigenvalue weighted by Crippen LogP contribution is 2.04. The molecular weight excluding hydrogens is 286 g/mol. The van der Waals surface area contributed by atoms with Crippen LogP contribution in [0, 0.1) is 6.92 Å². The Hall–Kier alpha value is -1.55. The molecule has 0 fully saturated rings. The first-order valence-electron chi connectivity index (χ1n) is 8.83. The van der Waals surface area contributed by atoms with Crippen molar-refractivity contribution in [2.45, 2.75) is 52.5 Å². The summed E-state index contributed by atoms with van der Waals surface area (Å²) >= 11 is 0. The van der Waals surface area contributed by atoms with Crippen molar-refractivity contribution in [2.24, 2.45) is 4.99 Å². The first kappa shape index (κ1) is 19.5. The van der Waals surface area contributed by atoms with Crippen LogP contribution in [-0.4, -0.2) is 32.8 Å². The number of hydrogen-bond donors (Lipinski definition) is 2. The second kappa shape index (κ2) is 12.9. The molecule has 0 saturated heterocycles. The third-order valence-corrected chi connectivity index (χ3v) is 3.68. The van der Waals surface area contributed by atoms with Crippen molar-refractivity contribution in [3.05, 3.63) is 35.4 Å². The summed E-state index contributed by atoms with van der Waals surface area (Å²) in [4.78, 5) is 4.70. The summed E-state index contributed by atoms with van der Waals surface area (Å²) in [5, 5.41) is 6.85. The van der Waals surface area contributed by atoms with Gasteiger partial charge in [0.25, 0.3) is 0 Å². The number of unbranched alkanes of at least 4 members (excludes halogenated alkanes) is 3. The van der Waals surface area contributed by atoms with Crippen molar-refractivity contribution >= 4 is 5.96 Å². The maximum Gasteiger partial charge on any atom is 0.191 e. The summed E-state index contributed by atoms with van der Waals surface area (Å²) in [7, 11) is 1.76. The van der Waals surface area contributed by atoms with Gasteiger partial charge >= 0.3 is 0 Å². The number of rotatable bonds is 11. The molecule has 0 amide bonds. The first-order chi connectivity index (χ1) is 11.3. The Morgan fingerprint density at radius 2 is 1.70 bits per heavy atom. The van der Waals surface area contributed by atoms with Gasteiger partial charge < -0.3 is 15.4 Å². The van der Waals surface area contributed by atoms with Gasteiger partial charge in [-0.05, 0) is 38.2 Å². The van der Waals surface area contributed by atoms with Gasteiger partial charge in [0.15, 0.2) is 5.96 Å². The minimum atomic E-state index is 0.714. The average Bonchev–Trinajstić information content (AvgIpc) is 2.56. The lowest BCUT2D eigenvalue weighted by Gasteiger charge is -2.12. The van der Waals surface area contributed by atoms with E-state index in [-0.39, 0.29) is 0 Å². The van der Waals surface area contributed by atoms with Crippen LogP contribution in [0.5, 0.6) is 0 Å². The minimum Gasteiger partial charge on any atom is -0.385 e. The quantitative estimate of drug-likeness (QED) is 0.372. The molecule has 0 aliphatic rings. The van der Waals surface area contributed by atoms with Crippen molar-refractivity contribution in [1.82, 2.24) is 10.6 Å². The molecule has 0 saturated carbocycles. The molecule has 0 atom stereocenters. The van der Waals surface area contributed by atoms with E-state index in [1.54, 1.807) is 7.11 Å². The Bertz CT molecular complexity index is 429. The molecule has 4 nitrogen and oxygen atoms in total. The molecule has 0 aliphatic carbocycles. The Kier molecular flexibility index (Phi) is 11.0. The number of guanidine groups is 1. The van der Waals surface area contributed by atoms with Crippen molar-refractivity contribution in [1.29, 1.82) is 0 Å². The van der Waals surface area contributed by atoms with Gasteiger partial charge in [-0.25, -0.2) is 4.99 Å². The second-order valence-corrected chi connectivity index (χ2v) is 5.91. The van der Waals surface area contributed by atoms with Crippen LogP contribution in [0.1, 0.15) is 50.2 Å². The van der Waals surface area contributed by atoms with Crippen molar-refractivity contribution in [3.63, 3.8) is 0 Å². The van der Waals surface area contributed by atoms with E-state index < -0.39 is 0 Å². The summed E-state index contributed by atoms with van der Waals surface area (Å²) in [6.07, 6.45) is 5.80. The maximum atomic E-state index is 5.07. The summed E-state index contributed by atoms with van der Waals surface area (Å²) in [6.45, 7) is 7.80. The summed E-state index contributed by atoms with van der Waals surface area (Å²) < 4.78 is 5.07. The van der Waals surface area contributed by atoms with Crippen LogP contribution in [-0.2, 0) is 11.3 Å². The largest absolute Gasteiger partial charge is 0.385 e. The molecule has 1 aromatic carbocycles. The average molecular weight is 319 g/mol. The van der Waals surface area contributed by atoms with Gasteiger partial charge in [0.05, 0.1) is 6.54 Å². The number of nitrogens with one attached hydrogen (secondary N) is 2. The van der Waals surface area contributed by atoms with Crippen LogP contribution in [0.3, 0.4) is 0 Å². The van der Waals surface area contributed by atoms with Crippen molar-refractivity contribution in [2.75, 3.05) is 26.8 Å². The van der Waals surface area contributed by atoms with E-state index >= 15 is 0 Å². The lowest BCUT2D eigenvalue weighted by atomic mass is 10.1. The molecule has 0 heterocycles. The molecule has 0 bridgehead atoms. The van der Waals surface area contributed by atoms with Crippen molar-refractivity contribution < 1.29 is 4.74 Å². The molecule has 0 spiro atoms. The zero-order valence-electron chi connectivity index (χ0n) is 15.0. The van der Waals surface area contributed by atoms with Crippen molar-refractivity contribution in [3.8, 4) is 0 Å². The van der Waals surface area contributed by atoms with Gasteiger partial charge in [0, 0.05) is 26.8 Å². The maximum absolute atomic E-state index is 5.07. The van der Waals surface area contributed by atoms with Gasteiger partial charge in [-0.2, -0.15) is 0 Å². The van der Waals surface area contributed by atoms with Gasteiger partial charge in [-0.15, -0.1) is 0 Å². The Morgan fingerprint density at radius 1 is 1.00 bits per heavy atom. The van der Waals surface area contributed by atoms with Crippen LogP contribution >= 0.6 is 0 Å². The number of aliphatic imine (C=N–C) groups is 1. The molecule has 130 valence electrons. The van der Waals surface area contributed by atoms with Gasteiger partial charge in [0.2, 0.25) is 0 Å². The van der Waals surface area contributed by atoms with Crippen LogP contribution in [0.15, 0.2) is 29.3 Å². The fourth-order valence-corrected chi connectivity index (χ4v) is 2.18. The Balaban J connectivity index is 2.40. The number of methoxy groups -OCH3 is 1. The highest BCUT2D eigenvalue weighted by Gasteiger charge is 1.99. The van der Waals surface area contributed by atoms with E-state index in [0.29, 0.717) is 6.54 Å². The first-order valence-corrected chi connectivity index (χ1v) is 8.83. The second-order valence-electron chi connectivity index (χ2n) is 5.91. The fourth-order valence-electron chi connectivity index (χ4n) is 2.18. The van der Waals surface area contributed by atoms with Gasteiger partial charge in [-0.3, -0.25) is 0 Å². The van der Waals surface area contributed by atoms with E-state index in [1.807, 2.05) is 0 Å². The zero-order valence-corrected chi connectivity index (χ0v) is 15.0. The molecule has 4 heteroatoms. The number of ether oxygens (including phenoxy) is 1. The fraction of sp³-hybridized carbons (Fsp3) is 0.632. The third-order valence-electron chi connectivity index (χ3n) is 3.68. The molecule has 23 heavy (non-hydrogen) atoms. The predicted octanol–water partition coefficient (Wildman–Crippen LogP) is 3.65. The topological polar surface area (TPSA) is 45.7 Å². The van der Waals surface area contributed by atoms with Crippen LogP contribution in [0.4, 0.5) is 0 Å². The Labute approximate surface area is 141 Å². The lowest BCUT2D eigenvalue weighted by Crippen LogP contribution is -2.38.